The van der Waals surface area contributed by atoms with Gasteiger partial charge >= 0.3 is 0 Å². The molecule has 0 fully saturated rings. The summed E-state index contributed by atoms with van der Waals surface area (Å²) in [5, 5.41) is 8.62. The number of para-hydroxylation sites is 1. The molecule has 0 aliphatic carbocycles. The van der Waals surface area contributed by atoms with Crippen molar-refractivity contribution in [2.24, 2.45) is 0 Å². The molecule has 0 radical (unpaired) electrons. The molecule has 0 spiro atoms. The van der Waals surface area contributed by atoms with Crippen molar-refractivity contribution in [3.63, 3.8) is 0 Å². The number of nitrogen functional groups attached to an aromatic ring is 1. The number of rotatable bonds is 5. The van der Waals surface area contributed by atoms with Gasteiger partial charge in [-0.3, -0.25) is 0 Å². The summed E-state index contributed by atoms with van der Waals surface area (Å²) in [7, 11) is 2.04. The van der Waals surface area contributed by atoms with Crippen LogP contribution in [0.25, 0.3) is 0 Å². The largest absolute Gasteiger partial charge is 0.399 e. The highest BCUT2D eigenvalue weighted by Crippen LogP contribution is 2.12. The van der Waals surface area contributed by atoms with E-state index in [4.69, 9.17) is 11.0 Å². The molecule has 86 valence electrons. The fourth-order valence-electron chi connectivity index (χ4n) is 1.57. The molecule has 1 rings (SSSR count). The van der Waals surface area contributed by atoms with Gasteiger partial charge in [0.25, 0.3) is 0 Å². The third kappa shape index (κ3) is 3.56. The van der Waals surface area contributed by atoms with Gasteiger partial charge in [-0.05, 0) is 32.0 Å². The van der Waals surface area contributed by atoms with Gasteiger partial charge in [-0.2, -0.15) is 5.26 Å². The quantitative estimate of drug-likeness (QED) is 0.768. The number of nitriles is 1. The van der Waals surface area contributed by atoms with Crippen LogP contribution in [0.3, 0.4) is 0 Å². The first kappa shape index (κ1) is 12.5. The average Bonchev–Trinajstić information content (AvgIpc) is 2.28. The predicted molar refractivity (Wildman–Crippen MR) is 66.9 cm³/mol. The third-order valence-electron chi connectivity index (χ3n) is 2.93. The van der Waals surface area contributed by atoms with Crippen LogP contribution in [-0.4, -0.2) is 24.5 Å². The Hall–Kier alpha value is -1.53. The summed E-state index contributed by atoms with van der Waals surface area (Å²) in [4.78, 5) is 2.19. The Balaban J connectivity index is 2.46. The van der Waals surface area contributed by atoms with E-state index in [0.717, 1.165) is 18.7 Å². The fraction of sp³-hybridized carbons (Fsp3) is 0.462. The highest BCUT2D eigenvalue weighted by molar-refractivity contribution is 5.46. The second-order valence-electron chi connectivity index (χ2n) is 4.14. The van der Waals surface area contributed by atoms with Crippen molar-refractivity contribution in [2.75, 3.05) is 19.3 Å². The summed E-state index contributed by atoms with van der Waals surface area (Å²) in [6.07, 6.45) is 1.50. The Bertz CT molecular complexity index is 368. The lowest BCUT2D eigenvalue weighted by Crippen LogP contribution is -2.30. The number of nitrogens with two attached hydrogens (primary N) is 1. The molecule has 0 amide bonds. The van der Waals surface area contributed by atoms with E-state index >= 15 is 0 Å². The molecule has 1 aromatic carbocycles. The van der Waals surface area contributed by atoms with Crippen molar-refractivity contribution >= 4 is 5.69 Å². The molecule has 2 N–H and O–H groups in total. The number of hydrogen-bond acceptors (Lipinski definition) is 3. The summed E-state index contributed by atoms with van der Waals surface area (Å²) in [6, 6.07) is 10.4. The zero-order chi connectivity index (χ0) is 12.0. The number of likely N-dealkylation sites (N-methyl/N-ethyl adjacent to an activating group) is 1. The lowest BCUT2D eigenvalue weighted by Gasteiger charge is -2.22. The van der Waals surface area contributed by atoms with Crippen LogP contribution in [-0.2, 0) is 6.42 Å². The minimum absolute atomic E-state index is 0.301. The minimum atomic E-state index is 0.301. The highest BCUT2D eigenvalue weighted by Gasteiger charge is 2.08. The maximum Gasteiger partial charge on any atom is 0.0638 e. The summed E-state index contributed by atoms with van der Waals surface area (Å²) < 4.78 is 0. The maximum absolute atomic E-state index is 8.62. The molecule has 1 aromatic rings. The molecule has 0 aliphatic heterocycles. The molecule has 0 aromatic heterocycles. The Morgan fingerprint density at radius 2 is 2.12 bits per heavy atom. The van der Waals surface area contributed by atoms with Crippen molar-refractivity contribution in [3.8, 4) is 6.07 Å². The Morgan fingerprint density at radius 1 is 1.44 bits per heavy atom. The lowest BCUT2D eigenvalue weighted by atomic mass is 10.1. The summed E-state index contributed by atoms with van der Waals surface area (Å²) in [5.41, 5.74) is 7.90. The van der Waals surface area contributed by atoms with E-state index in [9.17, 15) is 0 Å². The summed E-state index contributed by atoms with van der Waals surface area (Å²) in [5.74, 6) is 0. The predicted octanol–water partition coefficient (Wildman–Crippen LogP) is 2.05. The molecule has 0 heterocycles. The van der Waals surface area contributed by atoms with E-state index in [2.05, 4.69) is 24.0 Å². The molecular formula is C13H19N3. The van der Waals surface area contributed by atoms with Crippen LogP contribution in [0.5, 0.6) is 0 Å². The fourth-order valence-corrected chi connectivity index (χ4v) is 1.57. The monoisotopic (exact) mass is 217 g/mol. The van der Waals surface area contributed by atoms with Crippen molar-refractivity contribution < 1.29 is 0 Å². The van der Waals surface area contributed by atoms with Crippen molar-refractivity contribution in [3.05, 3.63) is 29.8 Å². The number of anilines is 1. The van der Waals surface area contributed by atoms with Gasteiger partial charge in [0, 0.05) is 18.3 Å². The molecule has 0 saturated carbocycles. The van der Waals surface area contributed by atoms with Crippen molar-refractivity contribution in [1.29, 1.82) is 5.26 Å². The third-order valence-corrected chi connectivity index (χ3v) is 2.93. The average molecular weight is 217 g/mol. The van der Waals surface area contributed by atoms with E-state index in [-0.39, 0.29) is 0 Å². The molecule has 0 bridgehead atoms. The van der Waals surface area contributed by atoms with Gasteiger partial charge in [0.05, 0.1) is 12.5 Å². The number of hydrogen-bond donors (Lipinski definition) is 1. The van der Waals surface area contributed by atoms with Gasteiger partial charge in [-0.25, -0.2) is 0 Å². The van der Waals surface area contributed by atoms with Crippen LogP contribution < -0.4 is 5.73 Å². The van der Waals surface area contributed by atoms with E-state index < -0.39 is 0 Å². The van der Waals surface area contributed by atoms with Crippen LogP contribution in [0.1, 0.15) is 18.9 Å². The molecule has 1 atom stereocenters. The van der Waals surface area contributed by atoms with E-state index in [1.165, 1.54) is 5.56 Å². The number of benzene rings is 1. The standard InChI is InChI=1S/C13H19N3/c1-11(7-9-14)16(2)10-8-12-5-3-4-6-13(12)15/h3-6,11H,7-8,10,15H2,1-2H3. The first-order chi connectivity index (χ1) is 7.65. The molecule has 0 aliphatic rings. The Labute approximate surface area is 97.5 Å². The highest BCUT2D eigenvalue weighted by atomic mass is 15.1. The SMILES string of the molecule is CC(CC#N)N(C)CCc1ccccc1N. The van der Waals surface area contributed by atoms with Crippen LogP contribution in [0, 0.1) is 11.3 Å². The van der Waals surface area contributed by atoms with E-state index in [0.29, 0.717) is 12.5 Å². The zero-order valence-electron chi connectivity index (χ0n) is 9.98. The molecule has 3 nitrogen and oxygen atoms in total. The second-order valence-corrected chi connectivity index (χ2v) is 4.14. The first-order valence-electron chi connectivity index (χ1n) is 5.55. The summed E-state index contributed by atoms with van der Waals surface area (Å²) in [6.45, 7) is 2.99. The van der Waals surface area contributed by atoms with Crippen LogP contribution in [0.15, 0.2) is 24.3 Å². The molecule has 3 heteroatoms. The molecule has 16 heavy (non-hydrogen) atoms. The molecule has 0 saturated heterocycles. The maximum atomic E-state index is 8.62. The van der Waals surface area contributed by atoms with Gasteiger partial charge in [-0.15, -0.1) is 0 Å². The smallest absolute Gasteiger partial charge is 0.0638 e. The topological polar surface area (TPSA) is 53.0 Å². The van der Waals surface area contributed by atoms with Crippen LogP contribution >= 0.6 is 0 Å². The number of nitrogens with zero attached hydrogens (tertiary/aromatic N) is 2. The lowest BCUT2D eigenvalue weighted by molar-refractivity contribution is 0.264. The van der Waals surface area contributed by atoms with Gasteiger partial charge in [-0.1, -0.05) is 18.2 Å². The van der Waals surface area contributed by atoms with E-state index in [1.54, 1.807) is 0 Å². The van der Waals surface area contributed by atoms with Crippen LogP contribution in [0.4, 0.5) is 5.69 Å². The molecular weight excluding hydrogens is 198 g/mol. The second kappa shape index (κ2) is 6.14. The first-order valence-corrected chi connectivity index (χ1v) is 5.55. The van der Waals surface area contributed by atoms with Gasteiger partial charge in [0.1, 0.15) is 0 Å². The van der Waals surface area contributed by atoms with Gasteiger partial charge < -0.3 is 10.6 Å². The van der Waals surface area contributed by atoms with Gasteiger partial charge in [0.15, 0.2) is 0 Å². The van der Waals surface area contributed by atoms with Gasteiger partial charge in [0.2, 0.25) is 0 Å². The zero-order valence-corrected chi connectivity index (χ0v) is 9.98. The van der Waals surface area contributed by atoms with Crippen LogP contribution in [0.2, 0.25) is 0 Å². The normalized spacial score (nSPS) is 12.4. The molecule has 1 unspecified atom stereocenters. The van der Waals surface area contributed by atoms with Crippen molar-refractivity contribution in [1.82, 2.24) is 4.90 Å². The van der Waals surface area contributed by atoms with Crippen molar-refractivity contribution in [2.45, 2.75) is 25.8 Å². The minimum Gasteiger partial charge on any atom is -0.399 e. The summed E-state index contributed by atoms with van der Waals surface area (Å²) >= 11 is 0. The van der Waals surface area contributed by atoms with E-state index in [1.807, 2.05) is 25.2 Å². The Kier molecular flexibility index (Phi) is 4.81. The Morgan fingerprint density at radius 3 is 2.75 bits per heavy atom.